The zero-order chi connectivity index (χ0) is 8.27. The lowest BCUT2D eigenvalue weighted by atomic mass is 10.0. The van der Waals surface area contributed by atoms with Crippen LogP contribution in [0.15, 0.2) is 18.2 Å². The molecule has 0 aliphatic rings. The molecule has 0 aromatic heterocycles. The summed E-state index contributed by atoms with van der Waals surface area (Å²) < 4.78 is 0. The first-order chi connectivity index (χ1) is 5.29. The van der Waals surface area contributed by atoms with E-state index in [9.17, 15) is 0 Å². The van der Waals surface area contributed by atoms with Crippen molar-refractivity contribution in [3.8, 4) is 0 Å². The average Bonchev–Trinajstić information content (AvgIpc) is 2.04. The molecule has 0 saturated carbocycles. The summed E-state index contributed by atoms with van der Waals surface area (Å²) >= 11 is 0. The van der Waals surface area contributed by atoms with Crippen molar-refractivity contribution >= 4 is 0 Å². The van der Waals surface area contributed by atoms with E-state index in [2.05, 4.69) is 19.9 Å². The van der Waals surface area contributed by atoms with Gasteiger partial charge in [-0.05, 0) is 30.0 Å². The molecule has 0 aliphatic heterocycles. The van der Waals surface area contributed by atoms with Gasteiger partial charge in [0, 0.05) is 0 Å². The van der Waals surface area contributed by atoms with Crippen LogP contribution >= 0.6 is 0 Å². The SMILES string of the molecule is CCc1c(C)cccc1[CH]O. The monoisotopic (exact) mass is 149 g/mol. The van der Waals surface area contributed by atoms with E-state index in [4.69, 9.17) is 5.11 Å². The molecular weight excluding hydrogens is 136 g/mol. The Bertz CT molecular complexity index is 241. The maximum Gasteiger partial charge on any atom is 0.109 e. The zero-order valence-corrected chi connectivity index (χ0v) is 6.96. The molecule has 1 rings (SSSR count). The van der Waals surface area contributed by atoms with Gasteiger partial charge in [-0.3, -0.25) is 0 Å². The fourth-order valence-electron chi connectivity index (χ4n) is 1.33. The molecule has 1 radical (unpaired) electrons. The summed E-state index contributed by atoms with van der Waals surface area (Å²) in [5.74, 6) is 0. The lowest BCUT2D eigenvalue weighted by molar-refractivity contribution is 0.413. The highest BCUT2D eigenvalue weighted by Crippen LogP contribution is 2.15. The van der Waals surface area contributed by atoms with Gasteiger partial charge < -0.3 is 5.11 Å². The maximum atomic E-state index is 8.85. The first-order valence-corrected chi connectivity index (χ1v) is 3.85. The Labute approximate surface area is 67.7 Å². The van der Waals surface area contributed by atoms with Gasteiger partial charge in [0.2, 0.25) is 0 Å². The summed E-state index contributed by atoms with van der Waals surface area (Å²) in [6.07, 6.45) is 0.971. The highest BCUT2D eigenvalue weighted by molar-refractivity contribution is 5.37. The van der Waals surface area contributed by atoms with Crippen molar-refractivity contribution in [1.82, 2.24) is 0 Å². The van der Waals surface area contributed by atoms with E-state index in [1.807, 2.05) is 12.1 Å². The van der Waals surface area contributed by atoms with E-state index in [1.54, 1.807) is 0 Å². The summed E-state index contributed by atoms with van der Waals surface area (Å²) in [6, 6.07) is 5.94. The van der Waals surface area contributed by atoms with Crippen LogP contribution in [-0.2, 0) is 6.42 Å². The van der Waals surface area contributed by atoms with Crippen molar-refractivity contribution < 1.29 is 5.11 Å². The number of hydrogen-bond donors (Lipinski definition) is 1. The maximum absolute atomic E-state index is 8.85. The Morgan fingerprint density at radius 1 is 1.45 bits per heavy atom. The van der Waals surface area contributed by atoms with Gasteiger partial charge in [-0.15, -0.1) is 0 Å². The minimum Gasteiger partial charge on any atom is -0.385 e. The van der Waals surface area contributed by atoms with Gasteiger partial charge in [0.05, 0.1) is 0 Å². The highest BCUT2D eigenvalue weighted by Gasteiger charge is 2.00. The Kier molecular flexibility index (Phi) is 2.66. The van der Waals surface area contributed by atoms with Crippen LogP contribution in [0, 0.1) is 13.5 Å². The summed E-state index contributed by atoms with van der Waals surface area (Å²) in [4.78, 5) is 0. The summed E-state index contributed by atoms with van der Waals surface area (Å²) in [7, 11) is 0. The molecule has 1 aromatic carbocycles. The molecule has 0 spiro atoms. The predicted molar refractivity (Wildman–Crippen MR) is 45.9 cm³/mol. The quantitative estimate of drug-likeness (QED) is 0.684. The van der Waals surface area contributed by atoms with E-state index >= 15 is 0 Å². The number of aliphatic hydroxyl groups excluding tert-OH is 1. The molecule has 1 heteroatoms. The van der Waals surface area contributed by atoms with E-state index < -0.39 is 0 Å². The first kappa shape index (κ1) is 8.28. The smallest absolute Gasteiger partial charge is 0.109 e. The Balaban J connectivity index is 3.13. The van der Waals surface area contributed by atoms with Gasteiger partial charge in [0.15, 0.2) is 0 Å². The number of hydrogen-bond acceptors (Lipinski definition) is 1. The van der Waals surface area contributed by atoms with Crippen LogP contribution in [0.25, 0.3) is 0 Å². The van der Waals surface area contributed by atoms with Crippen LogP contribution in [0.3, 0.4) is 0 Å². The second-order valence-corrected chi connectivity index (χ2v) is 2.63. The summed E-state index contributed by atoms with van der Waals surface area (Å²) in [6.45, 7) is 5.33. The third-order valence-electron chi connectivity index (χ3n) is 1.94. The number of aliphatic hydroxyl groups is 1. The first-order valence-electron chi connectivity index (χ1n) is 3.85. The fraction of sp³-hybridized carbons (Fsp3) is 0.300. The molecule has 1 aromatic rings. The Morgan fingerprint density at radius 3 is 2.64 bits per heavy atom. The molecule has 0 unspecified atom stereocenters. The Hall–Kier alpha value is -0.820. The highest BCUT2D eigenvalue weighted by atomic mass is 16.3. The van der Waals surface area contributed by atoms with Crippen molar-refractivity contribution in [2.75, 3.05) is 0 Å². The van der Waals surface area contributed by atoms with Gasteiger partial charge in [-0.2, -0.15) is 0 Å². The molecule has 0 fully saturated rings. The largest absolute Gasteiger partial charge is 0.385 e. The zero-order valence-electron chi connectivity index (χ0n) is 6.96. The van der Waals surface area contributed by atoms with E-state index in [-0.39, 0.29) is 0 Å². The lowest BCUT2D eigenvalue weighted by Gasteiger charge is -2.06. The van der Waals surface area contributed by atoms with E-state index in [1.165, 1.54) is 17.7 Å². The second-order valence-electron chi connectivity index (χ2n) is 2.63. The molecule has 0 amide bonds. The topological polar surface area (TPSA) is 20.2 Å². The van der Waals surface area contributed by atoms with Crippen molar-refractivity contribution in [2.45, 2.75) is 20.3 Å². The molecule has 11 heavy (non-hydrogen) atoms. The van der Waals surface area contributed by atoms with E-state index in [0.717, 1.165) is 12.0 Å². The van der Waals surface area contributed by atoms with Crippen molar-refractivity contribution in [1.29, 1.82) is 0 Å². The molecule has 0 heterocycles. The fourth-order valence-corrected chi connectivity index (χ4v) is 1.33. The third-order valence-corrected chi connectivity index (χ3v) is 1.94. The molecule has 0 bridgehead atoms. The van der Waals surface area contributed by atoms with Crippen molar-refractivity contribution in [3.05, 3.63) is 41.5 Å². The predicted octanol–water partition coefficient (Wildman–Crippen LogP) is 2.44. The van der Waals surface area contributed by atoms with Crippen LogP contribution in [0.4, 0.5) is 0 Å². The molecule has 0 atom stereocenters. The Morgan fingerprint density at radius 2 is 2.18 bits per heavy atom. The standard InChI is InChI=1S/C10H13O/c1-3-10-8(2)5-4-6-9(10)7-11/h4-7,11H,3H2,1-2H3. The van der Waals surface area contributed by atoms with Gasteiger partial charge >= 0.3 is 0 Å². The number of benzene rings is 1. The lowest BCUT2D eigenvalue weighted by Crippen LogP contribution is -1.93. The van der Waals surface area contributed by atoms with Crippen LogP contribution in [0.1, 0.15) is 23.6 Å². The summed E-state index contributed by atoms with van der Waals surface area (Å²) in [5, 5.41) is 8.85. The molecule has 0 aliphatic carbocycles. The minimum atomic E-state index is 0.938. The van der Waals surface area contributed by atoms with Crippen molar-refractivity contribution in [2.24, 2.45) is 0 Å². The van der Waals surface area contributed by atoms with Crippen LogP contribution < -0.4 is 0 Å². The van der Waals surface area contributed by atoms with Crippen LogP contribution in [-0.4, -0.2) is 5.11 Å². The normalized spacial score (nSPS) is 10.1. The molecule has 0 saturated heterocycles. The molecular formula is C10H13O. The number of rotatable bonds is 2. The molecule has 1 nitrogen and oxygen atoms in total. The number of aryl methyl sites for hydroxylation is 1. The second kappa shape index (κ2) is 3.54. The molecule has 59 valence electrons. The molecule has 1 N–H and O–H groups in total. The third kappa shape index (κ3) is 1.60. The van der Waals surface area contributed by atoms with Gasteiger partial charge in [-0.1, -0.05) is 25.1 Å². The van der Waals surface area contributed by atoms with E-state index in [0.29, 0.717) is 0 Å². The summed E-state index contributed by atoms with van der Waals surface area (Å²) in [5.41, 5.74) is 3.41. The van der Waals surface area contributed by atoms with Gasteiger partial charge in [-0.25, -0.2) is 0 Å². The van der Waals surface area contributed by atoms with Gasteiger partial charge in [0.1, 0.15) is 6.61 Å². The van der Waals surface area contributed by atoms with Crippen LogP contribution in [0.2, 0.25) is 0 Å². The van der Waals surface area contributed by atoms with Gasteiger partial charge in [0.25, 0.3) is 0 Å². The average molecular weight is 149 g/mol. The minimum absolute atomic E-state index is 0.938. The van der Waals surface area contributed by atoms with Crippen molar-refractivity contribution in [3.63, 3.8) is 0 Å². The van der Waals surface area contributed by atoms with Crippen LogP contribution in [0.5, 0.6) is 0 Å².